The number of amidine groups is 2. The predicted octanol–water partition coefficient (Wildman–Crippen LogP) is 12.1. The summed E-state index contributed by atoms with van der Waals surface area (Å²) in [5.41, 5.74) is 12.6. The molecule has 2 heterocycles. The second-order valence-electron chi connectivity index (χ2n) is 13.7. The normalized spacial score (nSPS) is 14.0. The lowest BCUT2D eigenvalue weighted by Gasteiger charge is -2.23. The number of aromatic nitrogens is 1. The Labute approximate surface area is 319 Å². The maximum absolute atomic E-state index is 5.98. The standard InChI is InChI=1S/C50H34N4O/c1-3-12-36(13-4-1)47-52-48(37-14-5-2-6-15-37)54-49(53-47)40-17-9-16-39(32-40)42-19-11-20-43-41(18-10-21-44(42)43)35-28-24-33(25-29-35)34-26-30-38(31-27-34)50-51-45-22-7-8-23-46(45)55-50/h1-32,47H,(H,52,53,54). The van der Waals surface area contributed by atoms with Crippen molar-refractivity contribution in [2.45, 2.75) is 6.17 Å². The van der Waals surface area contributed by atoms with Crippen molar-refractivity contribution in [2.75, 3.05) is 0 Å². The second kappa shape index (κ2) is 13.9. The first-order chi connectivity index (χ1) is 27.2. The Morgan fingerprint density at radius 2 is 1.00 bits per heavy atom. The lowest BCUT2D eigenvalue weighted by atomic mass is 9.91. The van der Waals surface area contributed by atoms with Crippen LogP contribution in [0.5, 0.6) is 0 Å². The Bertz CT molecular complexity index is 2840. The molecule has 55 heavy (non-hydrogen) atoms. The topological polar surface area (TPSA) is 62.8 Å². The van der Waals surface area contributed by atoms with Crippen LogP contribution in [-0.2, 0) is 0 Å². The van der Waals surface area contributed by atoms with Crippen LogP contribution in [-0.4, -0.2) is 16.7 Å². The first-order valence-electron chi connectivity index (χ1n) is 18.5. The van der Waals surface area contributed by atoms with E-state index >= 15 is 0 Å². The minimum absolute atomic E-state index is 0.251. The summed E-state index contributed by atoms with van der Waals surface area (Å²) in [6.07, 6.45) is -0.251. The van der Waals surface area contributed by atoms with E-state index in [-0.39, 0.29) is 6.17 Å². The molecule has 1 atom stereocenters. The molecule has 1 aromatic heterocycles. The van der Waals surface area contributed by atoms with Gasteiger partial charge in [0, 0.05) is 16.7 Å². The number of nitrogens with one attached hydrogen (secondary N) is 1. The van der Waals surface area contributed by atoms with Crippen LogP contribution in [0.25, 0.3) is 66.7 Å². The van der Waals surface area contributed by atoms with Gasteiger partial charge in [-0.15, -0.1) is 0 Å². The van der Waals surface area contributed by atoms with Crippen LogP contribution < -0.4 is 5.32 Å². The summed E-state index contributed by atoms with van der Waals surface area (Å²) in [7, 11) is 0. The van der Waals surface area contributed by atoms with Crippen molar-refractivity contribution in [2.24, 2.45) is 9.98 Å². The van der Waals surface area contributed by atoms with E-state index in [2.05, 4.69) is 144 Å². The molecule has 0 aliphatic carbocycles. The summed E-state index contributed by atoms with van der Waals surface area (Å²) in [5, 5.41) is 5.96. The summed E-state index contributed by atoms with van der Waals surface area (Å²) < 4.78 is 5.98. The molecule has 5 heteroatoms. The van der Waals surface area contributed by atoms with Crippen molar-refractivity contribution in [3.8, 4) is 44.8 Å². The number of hydrogen-bond donors (Lipinski definition) is 1. The van der Waals surface area contributed by atoms with Gasteiger partial charge >= 0.3 is 0 Å². The van der Waals surface area contributed by atoms with E-state index < -0.39 is 0 Å². The fraction of sp³-hybridized carbons (Fsp3) is 0.0200. The third-order valence-corrected chi connectivity index (χ3v) is 10.2. The molecule has 0 saturated heterocycles. The number of para-hydroxylation sites is 2. The number of hydrogen-bond acceptors (Lipinski definition) is 5. The number of aliphatic imine (C=N–C) groups is 2. The molecule has 1 N–H and O–H groups in total. The lowest BCUT2D eigenvalue weighted by Crippen LogP contribution is -2.33. The fourth-order valence-electron chi connectivity index (χ4n) is 7.41. The van der Waals surface area contributed by atoms with E-state index in [1.807, 2.05) is 60.7 Å². The molecule has 0 bridgehead atoms. The Morgan fingerprint density at radius 1 is 0.436 bits per heavy atom. The van der Waals surface area contributed by atoms with Crippen molar-refractivity contribution >= 4 is 33.5 Å². The van der Waals surface area contributed by atoms with Gasteiger partial charge in [0.2, 0.25) is 5.89 Å². The van der Waals surface area contributed by atoms with E-state index in [0.717, 1.165) is 55.9 Å². The van der Waals surface area contributed by atoms with Gasteiger partial charge in [0.25, 0.3) is 0 Å². The van der Waals surface area contributed by atoms with E-state index in [4.69, 9.17) is 14.4 Å². The SMILES string of the molecule is c1ccc(C2=NC(c3cccc(-c4cccc5c(-c6ccc(-c7ccc(-c8nc9ccccc9o8)cc7)cc6)cccc45)c3)=NC(c3ccccc3)N2)cc1. The van der Waals surface area contributed by atoms with Crippen molar-refractivity contribution < 1.29 is 4.42 Å². The minimum Gasteiger partial charge on any atom is -0.436 e. The summed E-state index contributed by atoms with van der Waals surface area (Å²) >= 11 is 0. The smallest absolute Gasteiger partial charge is 0.227 e. The molecule has 0 amide bonds. The van der Waals surface area contributed by atoms with E-state index in [1.54, 1.807) is 0 Å². The van der Waals surface area contributed by atoms with Crippen LogP contribution in [0, 0.1) is 0 Å². The number of oxazole rings is 1. The fourth-order valence-corrected chi connectivity index (χ4v) is 7.41. The van der Waals surface area contributed by atoms with Crippen molar-refractivity contribution in [3.05, 3.63) is 211 Å². The Hall–Kier alpha value is -7.37. The van der Waals surface area contributed by atoms with Crippen molar-refractivity contribution in [1.29, 1.82) is 0 Å². The summed E-state index contributed by atoms with van der Waals surface area (Å²) in [5.74, 6) is 2.14. The molecule has 10 rings (SSSR count). The number of benzene rings is 8. The number of rotatable bonds is 7. The average molecular weight is 707 g/mol. The van der Waals surface area contributed by atoms with Gasteiger partial charge < -0.3 is 9.73 Å². The second-order valence-corrected chi connectivity index (χ2v) is 13.7. The lowest BCUT2D eigenvalue weighted by molar-refractivity contribution is 0.620. The number of nitrogens with zero attached hydrogens (tertiary/aromatic N) is 3. The van der Waals surface area contributed by atoms with Crippen LogP contribution >= 0.6 is 0 Å². The summed E-state index contributed by atoms with van der Waals surface area (Å²) in [6.45, 7) is 0. The Balaban J connectivity index is 0.960. The number of fused-ring (bicyclic) bond motifs is 2. The first kappa shape index (κ1) is 32.3. The zero-order chi connectivity index (χ0) is 36.6. The molecule has 260 valence electrons. The van der Waals surface area contributed by atoms with E-state index in [0.29, 0.717) is 11.7 Å². The third-order valence-electron chi connectivity index (χ3n) is 10.2. The first-order valence-corrected chi connectivity index (χ1v) is 18.5. The van der Waals surface area contributed by atoms with Crippen LogP contribution in [0.15, 0.2) is 209 Å². The zero-order valence-electron chi connectivity index (χ0n) is 29.8. The van der Waals surface area contributed by atoms with Crippen LogP contribution in [0.1, 0.15) is 22.9 Å². The van der Waals surface area contributed by atoms with Crippen molar-refractivity contribution in [1.82, 2.24) is 10.3 Å². The molecular formula is C50H34N4O. The maximum atomic E-state index is 5.98. The quantitative estimate of drug-likeness (QED) is 0.179. The highest BCUT2D eigenvalue weighted by Gasteiger charge is 2.21. The molecule has 0 spiro atoms. The van der Waals surface area contributed by atoms with Crippen molar-refractivity contribution in [3.63, 3.8) is 0 Å². The van der Waals surface area contributed by atoms with Gasteiger partial charge in [0.05, 0.1) is 0 Å². The highest BCUT2D eigenvalue weighted by atomic mass is 16.3. The maximum Gasteiger partial charge on any atom is 0.227 e. The van der Waals surface area contributed by atoms with Gasteiger partial charge in [-0.05, 0) is 80.0 Å². The van der Waals surface area contributed by atoms with Gasteiger partial charge in [-0.25, -0.2) is 15.0 Å². The molecule has 0 saturated carbocycles. The van der Waals surface area contributed by atoms with E-state index in [1.165, 1.54) is 27.5 Å². The molecule has 9 aromatic rings. The Morgan fingerprint density at radius 3 is 1.71 bits per heavy atom. The molecule has 0 radical (unpaired) electrons. The molecular weight excluding hydrogens is 673 g/mol. The summed E-state index contributed by atoms with van der Waals surface area (Å²) in [6, 6.07) is 67.4. The Kier molecular flexibility index (Phi) is 8.15. The van der Waals surface area contributed by atoms with Crippen LogP contribution in [0.2, 0.25) is 0 Å². The average Bonchev–Trinajstić information content (AvgIpc) is 3.71. The van der Waals surface area contributed by atoms with Crippen LogP contribution in [0.4, 0.5) is 0 Å². The predicted molar refractivity (Wildman–Crippen MR) is 225 cm³/mol. The highest BCUT2D eigenvalue weighted by Crippen LogP contribution is 2.36. The molecule has 5 nitrogen and oxygen atoms in total. The zero-order valence-corrected chi connectivity index (χ0v) is 29.8. The molecule has 1 aliphatic rings. The van der Waals surface area contributed by atoms with Gasteiger partial charge in [0.15, 0.2) is 11.4 Å². The molecule has 0 fully saturated rings. The molecule has 1 unspecified atom stereocenters. The summed E-state index contributed by atoms with van der Waals surface area (Å²) in [4.78, 5) is 14.8. The molecule has 8 aromatic carbocycles. The monoisotopic (exact) mass is 706 g/mol. The highest BCUT2D eigenvalue weighted by molar-refractivity contribution is 6.13. The molecule has 1 aliphatic heterocycles. The largest absolute Gasteiger partial charge is 0.436 e. The van der Waals surface area contributed by atoms with Gasteiger partial charge in [0.1, 0.15) is 17.5 Å². The third kappa shape index (κ3) is 6.28. The van der Waals surface area contributed by atoms with Gasteiger partial charge in [-0.2, -0.15) is 0 Å². The minimum atomic E-state index is -0.251. The van der Waals surface area contributed by atoms with E-state index in [9.17, 15) is 0 Å². The van der Waals surface area contributed by atoms with Crippen LogP contribution in [0.3, 0.4) is 0 Å². The van der Waals surface area contributed by atoms with Gasteiger partial charge in [-0.3, -0.25) is 0 Å². The van der Waals surface area contributed by atoms with Gasteiger partial charge in [-0.1, -0.05) is 164 Å².